The number of hydrogen-bond donors (Lipinski definition) is 2. The minimum absolute atomic E-state index is 0.0347. The second kappa shape index (κ2) is 5.51. The first-order valence-electron chi connectivity index (χ1n) is 5.24. The number of anilines is 2. The summed E-state index contributed by atoms with van der Waals surface area (Å²) in [6.45, 7) is 0. The number of amides is 2. The van der Waals surface area contributed by atoms with Crippen molar-refractivity contribution in [2.24, 2.45) is 0 Å². The summed E-state index contributed by atoms with van der Waals surface area (Å²) in [6.07, 6.45) is 0. The monoisotopic (exact) mass is 264 g/mol. The zero-order chi connectivity index (χ0) is 13.0. The van der Waals surface area contributed by atoms with Gasteiger partial charge >= 0.3 is 6.03 Å². The van der Waals surface area contributed by atoms with Crippen molar-refractivity contribution in [3.8, 4) is 0 Å². The van der Waals surface area contributed by atoms with Crippen LogP contribution in [0.4, 0.5) is 20.6 Å². The molecule has 0 aromatic heterocycles. The number of benzene rings is 2. The molecule has 0 aliphatic carbocycles. The Hall–Kier alpha value is -2.07. The maximum atomic E-state index is 13.5. The Morgan fingerprint density at radius 2 is 1.72 bits per heavy atom. The van der Waals surface area contributed by atoms with Crippen molar-refractivity contribution in [3.63, 3.8) is 0 Å². The van der Waals surface area contributed by atoms with Crippen molar-refractivity contribution < 1.29 is 9.18 Å². The minimum Gasteiger partial charge on any atom is -0.308 e. The van der Waals surface area contributed by atoms with Crippen LogP contribution in [0, 0.1) is 5.82 Å². The summed E-state index contributed by atoms with van der Waals surface area (Å²) in [4.78, 5) is 11.6. The second-order valence-electron chi connectivity index (χ2n) is 3.55. The van der Waals surface area contributed by atoms with Gasteiger partial charge in [-0.3, -0.25) is 0 Å². The summed E-state index contributed by atoms with van der Waals surface area (Å²) in [5.74, 6) is -0.651. The van der Waals surface area contributed by atoms with Crippen LogP contribution in [0.1, 0.15) is 0 Å². The molecule has 0 bridgehead atoms. The molecule has 2 N–H and O–H groups in total. The van der Waals surface area contributed by atoms with Gasteiger partial charge in [0.25, 0.3) is 0 Å². The van der Waals surface area contributed by atoms with E-state index in [4.69, 9.17) is 11.6 Å². The van der Waals surface area contributed by atoms with E-state index < -0.39 is 11.8 Å². The Bertz CT molecular complexity index is 560. The molecule has 5 heteroatoms. The Balaban J connectivity index is 2.06. The number of halogens is 2. The van der Waals surface area contributed by atoms with Crippen LogP contribution in [0.25, 0.3) is 0 Å². The molecule has 0 heterocycles. The van der Waals surface area contributed by atoms with Crippen molar-refractivity contribution >= 4 is 29.0 Å². The summed E-state index contributed by atoms with van der Waals surface area (Å²) in [5.41, 5.74) is 0.661. The largest absolute Gasteiger partial charge is 0.323 e. The van der Waals surface area contributed by atoms with Crippen LogP contribution in [0.2, 0.25) is 5.02 Å². The first-order chi connectivity index (χ1) is 8.66. The smallest absolute Gasteiger partial charge is 0.308 e. The average Bonchev–Trinajstić information content (AvgIpc) is 2.36. The highest BCUT2D eigenvalue weighted by atomic mass is 35.5. The maximum absolute atomic E-state index is 13.5. The second-order valence-corrected chi connectivity index (χ2v) is 3.95. The van der Waals surface area contributed by atoms with Gasteiger partial charge in [0.05, 0.1) is 10.7 Å². The lowest BCUT2D eigenvalue weighted by Crippen LogP contribution is -2.20. The van der Waals surface area contributed by atoms with E-state index in [1.165, 1.54) is 12.1 Å². The normalized spacial score (nSPS) is 9.89. The van der Waals surface area contributed by atoms with Gasteiger partial charge in [-0.05, 0) is 24.3 Å². The molecule has 0 saturated heterocycles. The molecule has 2 aromatic carbocycles. The van der Waals surface area contributed by atoms with E-state index in [0.717, 1.165) is 0 Å². The van der Waals surface area contributed by atoms with Gasteiger partial charge in [-0.25, -0.2) is 9.18 Å². The van der Waals surface area contributed by atoms with Gasteiger partial charge in [-0.15, -0.1) is 0 Å². The fourth-order valence-corrected chi connectivity index (χ4v) is 1.58. The van der Waals surface area contributed by atoms with Gasteiger partial charge in [0.1, 0.15) is 0 Å². The molecule has 0 spiro atoms. The SMILES string of the molecule is O=C(Nc1ccccc1)Nc1cccc(Cl)c1F. The van der Waals surface area contributed by atoms with Crippen LogP contribution in [0.15, 0.2) is 48.5 Å². The number of hydrogen-bond acceptors (Lipinski definition) is 1. The van der Waals surface area contributed by atoms with E-state index in [9.17, 15) is 9.18 Å². The van der Waals surface area contributed by atoms with Gasteiger partial charge < -0.3 is 10.6 Å². The Morgan fingerprint density at radius 1 is 1.00 bits per heavy atom. The molecule has 0 saturated carbocycles. The van der Waals surface area contributed by atoms with E-state index in [1.54, 1.807) is 30.3 Å². The van der Waals surface area contributed by atoms with Crippen molar-refractivity contribution in [2.75, 3.05) is 10.6 Å². The predicted octanol–water partition coefficient (Wildman–Crippen LogP) is 4.12. The molecule has 92 valence electrons. The fourth-order valence-electron chi connectivity index (χ4n) is 1.41. The molecule has 2 rings (SSSR count). The summed E-state index contributed by atoms with van der Waals surface area (Å²) in [5, 5.41) is 4.93. The van der Waals surface area contributed by atoms with Crippen LogP contribution in [0.3, 0.4) is 0 Å². The highest BCUT2D eigenvalue weighted by Crippen LogP contribution is 2.22. The number of nitrogens with one attached hydrogen (secondary N) is 2. The molecule has 0 fully saturated rings. The molecule has 0 unspecified atom stereocenters. The zero-order valence-electron chi connectivity index (χ0n) is 9.28. The van der Waals surface area contributed by atoms with Crippen molar-refractivity contribution in [1.29, 1.82) is 0 Å². The Kier molecular flexibility index (Phi) is 3.79. The van der Waals surface area contributed by atoms with Gasteiger partial charge in [0.2, 0.25) is 0 Å². The molecule has 0 radical (unpaired) electrons. The highest BCUT2D eigenvalue weighted by Gasteiger charge is 2.09. The zero-order valence-corrected chi connectivity index (χ0v) is 10.0. The third-order valence-electron chi connectivity index (χ3n) is 2.23. The molecule has 3 nitrogen and oxygen atoms in total. The predicted molar refractivity (Wildman–Crippen MR) is 70.5 cm³/mol. The van der Waals surface area contributed by atoms with E-state index in [0.29, 0.717) is 5.69 Å². The average molecular weight is 265 g/mol. The fraction of sp³-hybridized carbons (Fsp3) is 0. The van der Waals surface area contributed by atoms with Crippen LogP contribution in [-0.4, -0.2) is 6.03 Å². The van der Waals surface area contributed by atoms with Crippen LogP contribution in [0.5, 0.6) is 0 Å². The number of para-hydroxylation sites is 1. The lowest BCUT2D eigenvalue weighted by atomic mass is 10.3. The molecule has 2 aromatic rings. The summed E-state index contributed by atoms with van der Waals surface area (Å²) in [6, 6.07) is 12.8. The Labute approximate surface area is 109 Å². The summed E-state index contributed by atoms with van der Waals surface area (Å²) < 4.78 is 13.5. The molecule has 18 heavy (non-hydrogen) atoms. The molecular formula is C13H10ClFN2O. The van der Waals surface area contributed by atoms with Crippen LogP contribution >= 0.6 is 11.6 Å². The van der Waals surface area contributed by atoms with Gasteiger partial charge in [0, 0.05) is 5.69 Å². The lowest BCUT2D eigenvalue weighted by molar-refractivity contribution is 0.262. The number of urea groups is 1. The van der Waals surface area contributed by atoms with Crippen LogP contribution < -0.4 is 10.6 Å². The first-order valence-corrected chi connectivity index (χ1v) is 5.61. The van der Waals surface area contributed by atoms with Gasteiger partial charge in [-0.1, -0.05) is 35.9 Å². The number of rotatable bonds is 2. The topological polar surface area (TPSA) is 41.1 Å². The third-order valence-corrected chi connectivity index (χ3v) is 2.52. The van der Waals surface area contributed by atoms with E-state index in [2.05, 4.69) is 10.6 Å². The molecular weight excluding hydrogens is 255 g/mol. The van der Waals surface area contributed by atoms with Gasteiger partial charge in [0.15, 0.2) is 5.82 Å². The first kappa shape index (κ1) is 12.4. The van der Waals surface area contributed by atoms with Gasteiger partial charge in [-0.2, -0.15) is 0 Å². The van der Waals surface area contributed by atoms with Crippen molar-refractivity contribution in [2.45, 2.75) is 0 Å². The third kappa shape index (κ3) is 2.99. The molecule has 0 aliphatic heterocycles. The summed E-state index contributed by atoms with van der Waals surface area (Å²) >= 11 is 5.61. The highest BCUT2D eigenvalue weighted by molar-refractivity contribution is 6.31. The maximum Gasteiger partial charge on any atom is 0.323 e. The molecule has 0 atom stereocenters. The van der Waals surface area contributed by atoms with Crippen molar-refractivity contribution in [3.05, 3.63) is 59.4 Å². The van der Waals surface area contributed by atoms with Crippen LogP contribution in [-0.2, 0) is 0 Å². The minimum atomic E-state index is -0.651. The standard InChI is InChI=1S/C13H10ClFN2O/c14-10-7-4-8-11(12(10)15)17-13(18)16-9-5-2-1-3-6-9/h1-8H,(H2,16,17,18). The van der Waals surface area contributed by atoms with E-state index in [1.807, 2.05) is 6.07 Å². The summed E-state index contributed by atoms with van der Waals surface area (Å²) in [7, 11) is 0. The van der Waals surface area contributed by atoms with E-state index >= 15 is 0 Å². The molecule has 2 amide bonds. The van der Waals surface area contributed by atoms with Crippen molar-refractivity contribution in [1.82, 2.24) is 0 Å². The Morgan fingerprint density at radius 3 is 2.44 bits per heavy atom. The number of carbonyl (C=O) groups excluding carboxylic acids is 1. The van der Waals surface area contributed by atoms with E-state index in [-0.39, 0.29) is 10.7 Å². The lowest BCUT2D eigenvalue weighted by Gasteiger charge is -2.08. The quantitative estimate of drug-likeness (QED) is 0.841. The number of carbonyl (C=O) groups is 1. The molecule has 0 aliphatic rings.